The largest absolute Gasteiger partial charge is 0.393 e. The molecule has 1 saturated heterocycles. The number of piperidine rings is 1. The minimum Gasteiger partial charge on any atom is -0.393 e. The van der Waals surface area contributed by atoms with Crippen LogP contribution in [-0.4, -0.2) is 41.9 Å². The Kier molecular flexibility index (Phi) is 2.90. The number of nitrogens with zero attached hydrogens (tertiary/aromatic N) is 1. The molecular formula is C9H20NO+. The van der Waals surface area contributed by atoms with E-state index in [4.69, 9.17) is 0 Å². The normalized spacial score (nSPS) is 25.4. The van der Waals surface area contributed by atoms with Gasteiger partial charge in [-0.25, -0.2) is 0 Å². The maximum absolute atomic E-state index is 9.32. The van der Waals surface area contributed by atoms with E-state index in [0.29, 0.717) is 0 Å². The van der Waals surface area contributed by atoms with Crippen LogP contribution < -0.4 is 0 Å². The average molecular weight is 158 g/mol. The van der Waals surface area contributed by atoms with Crippen LogP contribution in [0, 0.1) is 0 Å². The van der Waals surface area contributed by atoms with E-state index in [1.165, 1.54) is 30.7 Å². The van der Waals surface area contributed by atoms with Crippen molar-refractivity contribution in [1.82, 2.24) is 0 Å². The van der Waals surface area contributed by atoms with E-state index in [0.717, 1.165) is 12.8 Å². The van der Waals surface area contributed by atoms with E-state index in [1.807, 2.05) is 0 Å². The van der Waals surface area contributed by atoms with Crippen molar-refractivity contribution in [2.45, 2.75) is 32.8 Å². The van der Waals surface area contributed by atoms with Crippen LogP contribution in [0.15, 0.2) is 0 Å². The van der Waals surface area contributed by atoms with E-state index in [-0.39, 0.29) is 6.10 Å². The van der Waals surface area contributed by atoms with Gasteiger partial charge in [-0.2, -0.15) is 0 Å². The molecule has 0 aromatic carbocycles. The van der Waals surface area contributed by atoms with Crippen molar-refractivity contribution in [3.8, 4) is 0 Å². The van der Waals surface area contributed by atoms with Crippen LogP contribution in [0.1, 0.15) is 26.7 Å². The molecule has 0 radical (unpaired) electrons. The summed E-state index contributed by atoms with van der Waals surface area (Å²) in [6.45, 7) is 9.30. The van der Waals surface area contributed by atoms with Crippen LogP contribution in [0.3, 0.4) is 0 Å². The molecule has 0 aromatic rings. The van der Waals surface area contributed by atoms with E-state index < -0.39 is 0 Å². The summed E-state index contributed by atoms with van der Waals surface area (Å²) in [6, 6.07) is 0. The summed E-state index contributed by atoms with van der Waals surface area (Å²) in [5.41, 5.74) is 0. The highest BCUT2D eigenvalue weighted by Gasteiger charge is 2.29. The molecular weight excluding hydrogens is 138 g/mol. The Balaban J connectivity index is 2.45. The molecule has 0 atom stereocenters. The summed E-state index contributed by atoms with van der Waals surface area (Å²) in [7, 11) is 0. The van der Waals surface area contributed by atoms with Gasteiger partial charge in [0, 0.05) is 12.8 Å². The van der Waals surface area contributed by atoms with Gasteiger partial charge in [-0.1, -0.05) is 0 Å². The number of aliphatic hydroxyl groups is 1. The Morgan fingerprint density at radius 1 is 1.18 bits per heavy atom. The molecule has 0 aromatic heterocycles. The first kappa shape index (κ1) is 9.01. The van der Waals surface area contributed by atoms with Crippen molar-refractivity contribution in [3.63, 3.8) is 0 Å². The molecule has 1 N–H and O–H groups in total. The minimum absolute atomic E-state index is 0.0145. The molecule has 1 heterocycles. The van der Waals surface area contributed by atoms with Crippen LogP contribution in [0.4, 0.5) is 0 Å². The van der Waals surface area contributed by atoms with Gasteiger partial charge in [-0.05, 0) is 13.8 Å². The van der Waals surface area contributed by atoms with Crippen LogP contribution in [-0.2, 0) is 0 Å². The first-order valence-electron chi connectivity index (χ1n) is 4.75. The quantitative estimate of drug-likeness (QED) is 0.594. The van der Waals surface area contributed by atoms with E-state index in [9.17, 15) is 5.11 Å². The maximum atomic E-state index is 9.32. The van der Waals surface area contributed by atoms with E-state index >= 15 is 0 Å². The fourth-order valence-corrected chi connectivity index (χ4v) is 1.96. The zero-order valence-electron chi connectivity index (χ0n) is 7.71. The molecule has 1 aliphatic heterocycles. The van der Waals surface area contributed by atoms with Gasteiger partial charge in [0.05, 0.1) is 32.3 Å². The molecule has 0 unspecified atom stereocenters. The fourth-order valence-electron chi connectivity index (χ4n) is 1.96. The van der Waals surface area contributed by atoms with Gasteiger partial charge in [0.25, 0.3) is 0 Å². The van der Waals surface area contributed by atoms with Gasteiger partial charge in [0.2, 0.25) is 0 Å². The highest BCUT2D eigenvalue weighted by Crippen LogP contribution is 2.18. The lowest BCUT2D eigenvalue weighted by molar-refractivity contribution is -0.930. The predicted molar refractivity (Wildman–Crippen MR) is 46.3 cm³/mol. The van der Waals surface area contributed by atoms with Crippen molar-refractivity contribution >= 4 is 0 Å². The van der Waals surface area contributed by atoms with Gasteiger partial charge < -0.3 is 9.59 Å². The minimum atomic E-state index is -0.0145. The van der Waals surface area contributed by atoms with Crippen LogP contribution in [0.25, 0.3) is 0 Å². The molecule has 0 bridgehead atoms. The van der Waals surface area contributed by atoms with Crippen molar-refractivity contribution < 1.29 is 9.59 Å². The number of likely N-dealkylation sites (tertiary alicyclic amines) is 1. The molecule has 2 nitrogen and oxygen atoms in total. The number of hydrogen-bond donors (Lipinski definition) is 1. The molecule has 1 rings (SSSR count). The maximum Gasteiger partial charge on any atom is 0.0811 e. The second-order valence-corrected chi connectivity index (χ2v) is 3.65. The Morgan fingerprint density at radius 2 is 1.64 bits per heavy atom. The Labute approximate surface area is 69.4 Å². The standard InChI is InChI=1S/C9H20NO/c1-3-10(4-2)7-5-9(11)6-8-10/h9,11H,3-8H2,1-2H3/q+1. The third kappa shape index (κ3) is 1.94. The summed E-state index contributed by atoms with van der Waals surface area (Å²) >= 11 is 0. The van der Waals surface area contributed by atoms with Crippen molar-refractivity contribution in [2.75, 3.05) is 26.2 Å². The lowest BCUT2D eigenvalue weighted by atomic mass is 10.1. The second-order valence-electron chi connectivity index (χ2n) is 3.65. The molecule has 0 aliphatic carbocycles. The first-order valence-corrected chi connectivity index (χ1v) is 4.75. The molecule has 2 heteroatoms. The van der Waals surface area contributed by atoms with Crippen LogP contribution in [0.2, 0.25) is 0 Å². The van der Waals surface area contributed by atoms with Gasteiger partial charge in [-0.15, -0.1) is 0 Å². The summed E-state index contributed by atoms with van der Waals surface area (Å²) in [5, 5.41) is 9.32. The molecule has 1 aliphatic rings. The number of hydrogen-bond acceptors (Lipinski definition) is 1. The van der Waals surface area contributed by atoms with E-state index in [1.54, 1.807) is 0 Å². The van der Waals surface area contributed by atoms with E-state index in [2.05, 4.69) is 13.8 Å². The van der Waals surface area contributed by atoms with Crippen molar-refractivity contribution in [2.24, 2.45) is 0 Å². The highest BCUT2D eigenvalue weighted by molar-refractivity contribution is 4.61. The monoisotopic (exact) mass is 158 g/mol. The lowest BCUT2D eigenvalue weighted by Crippen LogP contribution is -2.53. The lowest BCUT2D eigenvalue weighted by Gasteiger charge is -2.41. The second kappa shape index (κ2) is 3.55. The van der Waals surface area contributed by atoms with Gasteiger partial charge in [-0.3, -0.25) is 0 Å². The Bertz CT molecular complexity index is 111. The van der Waals surface area contributed by atoms with Crippen molar-refractivity contribution in [3.05, 3.63) is 0 Å². The molecule has 0 amide bonds. The SMILES string of the molecule is CC[N+]1(CC)CCC(O)CC1. The number of rotatable bonds is 2. The zero-order chi connectivity index (χ0) is 8.32. The number of quaternary nitrogens is 1. The fraction of sp³-hybridized carbons (Fsp3) is 1.00. The van der Waals surface area contributed by atoms with Crippen LogP contribution in [0.5, 0.6) is 0 Å². The topological polar surface area (TPSA) is 20.2 Å². The summed E-state index contributed by atoms with van der Waals surface area (Å²) in [4.78, 5) is 0. The highest BCUT2D eigenvalue weighted by atomic mass is 16.3. The van der Waals surface area contributed by atoms with Gasteiger partial charge >= 0.3 is 0 Å². The van der Waals surface area contributed by atoms with Gasteiger partial charge in [0.15, 0.2) is 0 Å². The summed E-state index contributed by atoms with van der Waals surface area (Å²) in [6.07, 6.45) is 1.99. The molecule has 66 valence electrons. The molecule has 0 spiro atoms. The predicted octanol–water partition coefficient (Wildman–Crippen LogP) is 0.998. The summed E-state index contributed by atoms with van der Waals surface area (Å²) < 4.78 is 1.22. The number of aliphatic hydroxyl groups excluding tert-OH is 1. The van der Waals surface area contributed by atoms with Gasteiger partial charge in [0.1, 0.15) is 0 Å². The Hall–Kier alpha value is -0.0800. The molecule has 11 heavy (non-hydrogen) atoms. The average Bonchev–Trinajstić information content (AvgIpc) is 2.07. The Morgan fingerprint density at radius 3 is 2.00 bits per heavy atom. The zero-order valence-corrected chi connectivity index (χ0v) is 7.71. The third-order valence-electron chi connectivity index (χ3n) is 3.21. The first-order chi connectivity index (χ1) is 5.22. The molecule has 0 saturated carbocycles. The smallest absolute Gasteiger partial charge is 0.0811 e. The van der Waals surface area contributed by atoms with Crippen molar-refractivity contribution in [1.29, 1.82) is 0 Å². The molecule has 1 fully saturated rings. The summed E-state index contributed by atoms with van der Waals surface area (Å²) in [5.74, 6) is 0. The van der Waals surface area contributed by atoms with Crippen LogP contribution >= 0.6 is 0 Å². The third-order valence-corrected chi connectivity index (χ3v) is 3.21.